The maximum Gasteiger partial charge on any atom is 0.338 e. The number of rotatable bonds is 12. The molecule has 0 aliphatic carbocycles. The van der Waals surface area contributed by atoms with Gasteiger partial charge in [-0.05, 0) is 34.1 Å². The first-order chi connectivity index (χ1) is 15.7. The monoisotopic (exact) mass is 494 g/mol. The molecule has 190 valence electrons. The Morgan fingerprint density at radius 3 is 1.94 bits per heavy atom. The predicted octanol–water partition coefficient (Wildman–Crippen LogP) is 4.47. The lowest BCUT2D eigenvalue weighted by molar-refractivity contribution is -0.179. The van der Waals surface area contributed by atoms with Gasteiger partial charge in [-0.15, -0.1) is 12.3 Å². The lowest BCUT2D eigenvalue weighted by Crippen LogP contribution is -2.46. The number of carbonyl (C=O) groups is 2. The molecule has 0 bridgehead atoms. The summed E-state index contributed by atoms with van der Waals surface area (Å²) in [4.78, 5) is 25.4. The molecule has 0 aliphatic rings. The van der Waals surface area contributed by atoms with Crippen LogP contribution in [0.5, 0.6) is 5.75 Å². The van der Waals surface area contributed by atoms with Crippen molar-refractivity contribution in [2.45, 2.75) is 59.2 Å². The Morgan fingerprint density at radius 2 is 1.47 bits per heavy atom. The van der Waals surface area contributed by atoms with E-state index in [-0.39, 0.29) is 19.4 Å². The molecule has 2 atom stereocenters. The Bertz CT molecular complexity index is 916. The van der Waals surface area contributed by atoms with Crippen molar-refractivity contribution in [1.82, 2.24) is 0 Å². The minimum absolute atomic E-state index is 0.0615. The highest BCUT2D eigenvalue weighted by molar-refractivity contribution is 5.81. The van der Waals surface area contributed by atoms with Crippen LogP contribution in [0.1, 0.15) is 47.5 Å². The minimum Gasteiger partial charge on any atom is -0.462 e. The lowest BCUT2D eigenvalue weighted by atomic mass is 9.92. The third kappa shape index (κ3) is 6.90. The molecule has 34 heavy (non-hydrogen) atoms. The summed E-state index contributed by atoms with van der Waals surface area (Å²) in [6.45, 7) is 6.40. The van der Waals surface area contributed by atoms with Gasteiger partial charge in [-0.3, -0.25) is 4.79 Å². The van der Waals surface area contributed by atoms with Gasteiger partial charge in [0.1, 0.15) is 12.0 Å². The van der Waals surface area contributed by atoms with Crippen molar-refractivity contribution >= 4 is 11.9 Å². The first-order valence-corrected chi connectivity index (χ1v) is 10.3. The van der Waals surface area contributed by atoms with Crippen molar-refractivity contribution in [2.75, 3.05) is 19.8 Å². The molecule has 0 N–H and O–H groups in total. The summed E-state index contributed by atoms with van der Waals surface area (Å²) in [6.07, 6.45) is 5.15. The van der Waals surface area contributed by atoms with E-state index in [0.29, 0.717) is 0 Å². The molecular formula is C23H27F5O6. The molecule has 2 unspecified atom stereocenters. The maximum absolute atomic E-state index is 14.0. The number of ether oxygens (including phenoxy) is 4. The fraction of sp³-hybridized carbons (Fsp3) is 0.565. The van der Waals surface area contributed by atoms with Crippen LogP contribution in [0.2, 0.25) is 0 Å². The second kappa shape index (κ2) is 12.1. The molecule has 0 radical (unpaired) electrons. The molecule has 0 saturated carbocycles. The minimum atomic E-state index is -2.40. The fourth-order valence-electron chi connectivity index (χ4n) is 2.42. The van der Waals surface area contributed by atoms with Crippen LogP contribution < -0.4 is 4.74 Å². The molecule has 0 amide bonds. The van der Waals surface area contributed by atoms with E-state index in [9.17, 15) is 31.5 Å². The number of hydrogen-bond acceptors (Lipinski definition) is 6. The van der Waals surface area contributed by atoms with Gasteiger partial charge in [0.2, 0.25) is 34.8 Å². The summed E-state index contributed by atoms with van der Waals surface area (Å²) in [7, 11) is 0. The van der Waals surface area contributed by atoms with Crippen molar-refractivity contribution in [3.63, 3.8) is 0 Å². The van der Waals surface area contributed by atoms with Crippen molar-refractivity contribution < 1.29 is 50.5 Å². The zero-order chi connectivity index (χ0) is 26.3. The van der Waals surface area contributed by atoms with E-state index in [1.54, 1.807) is 20.8 Å². The van der Waals surface area contributed by atoms with Crippen LogP contribution >= 0.6 is 0 Å². The van der Waals surface area contributed by atoms with Crippen LogP contribution in [0, 0.1) is 46.8 Å². The molecule has 6 nitrogen and oxygen atoms in total. The zero-order valence-electron chi connectivity index (χ0n) is 19.5. The number of halogens is 5. The highest BCUT2D eigenvalue weighted by atomic mass is 19.2. The largest absolute Gasteiger partial charge is 0.462 e. The van der Waals surface area contributed by atoms with Gasteiger partial charge in [-0.2, -0.15) is 8.78 Å². The Balaban J connectivity index is 3.17. The molecule has 0 fully saturated rings. The number of carbonyl (C=O) groups excluding carboxylic acids is 2. The Morgan fingerprint density at radius 1 is 0.941 bits per heavy atom. The summed E-state index contributed by atoms with van der Waals surface area (Å²) < 4.78 is 88.8. The van der Waals surface area contributed by atoms with E-state index in [1.165, 1.54) is 13.8 Å². The van der Waals surface area contributed by atoms with E-state index < -0.39 is 77.1 Å². The third-order valence-corrected chi connectivity index (χ3v) is 4.89. The number of benzene rings is 1. The van der Waals surface area contributed by atoms with Gasteiger partial charge in [0, 0.05) is 6.42 Å². The molecule has 0 heterocycles. The summed E-state index contributed by atoms with van der Waals surface area (Å²) >= 11 is 0. The lowest BCUT2D eigenvalue weighted by Gasteiger charge is -2.31. The first kappa shape index (κ1) is 29.3. The standard InChI is InChI=1S/C23H27F5O6/c1-7-9-10-33-23(6,8-2)21(30)32-12-22(5,11-31-13(3)4)20(29)34-19-17(27)15(25)14(24)16(26)18(19)28/h1,13H,8-12H2,2-6H3. The van der Waals surface area contributed by atoms with Crippen LogP contribution in [0.3, 0.4) is 0 Å². The van der Waals surface area contributed by atoms with Crippen molar-refractivity contribution in [3.05, 3.63) is 29.1 Å². The van der Waals surface area contributed by atoms with Crippen LogP contribution in [-0.4, -0.2) is 43.5 Å². The molecule has 1 aromatic rings. The second-order valence-corrected chi connectivity index (χ2v) is 8.17. The van der Waals surface area contributed by atoms with Gasteiger partial charge in [0.15, 0.2) is 5.60 Å². The highest BCUT2D eigenvalue weighted by Crippen LogP contribution is 2.32. The van der Waals surface area contributed by atoms with Gasteiger partial charge in [0.05, 0.1) is 19.3 Å². The topological polar surface area (TPSA) is 71.1 Å². The van der Waals surface area contributed by atoms with Crippen molar-refractivity contribution in [2.24, 2.45) is 5.41 Å². The molecule has 1 rings (SSSR count). The number of terminal acetylenes is 1. The molecule has 1 aromatic carbocycles. The van der Waals surface area contributed by atoms with E-state index in [4.69, 9.17) is 20.6 Å². The average molecular weight is 494 g/mol. The Labute approximate surface area is 194 Å². The van der Waals surface area contributed by atoms with Crippen LogP contribution in [-0.2, 0) is 23.8 Å². The van der Waals surface area contributed by atoms with E-state index >= 15 is 0 Å². The average Bonchev–Trinajstić information content (AvgIpc) is 2.81. The van der Waals surface area contributed by atoms with Gasteiger partial charge >= 0.3 is 11.9 Å². The predicted molar refractivity (Wildman–Crippen MR) is 110 cm³/mol. The molecule has 0 aliphatic heterocycles. The van der Waals surface area contributed by atoms with Gasteiger partial charge in [-0.25, -0.2) is 18.0 Å². The van der Waals surface area contributed by atoms with Crippen LogP contribution in [0.15, 0.2) is 0 Å². The van der Waals surface area contributed by atoms with Crippen LogP contribution in [0.25, 0.3) is 0 Å². The third-order valence-electron chi connectivity index (χ3n) is 4.89. The second-order valence-electron chi connectivity index (χ2n) is 8.17. The van der Waals surface area contributed by atoms with E-state index in [1.807, 2.05) is 0 Å². The van der Waals surface area contributed by atoms with Gasteiger partial charge in [-0.1, -0.05) is 6.92 Å². The van der Waals surface area contributed by atoms with Crippen LogP contribution in [0.4, 0.5) is 22.0 Å². The van der Waals surface area contributed by atoms with E-state index in [2.05, 4.69) is 10.7 Å². The Hall–Kier alpha value is -2.71. The normalized spacial score (nSPS) is 14.8. The summed E-state index contributed by atoms with van der Waals surface area (Å²) in [5, 5.41) is 0. The molecular weight excluding hydrogens is 467 g/mol. The quantitative estimate of drug-likeness (QED) is 0.0813. The number of hydrogen-bond donors (Lipinski definition) is 0. The fourth-order valence-corrected chi connectivity index (χ4v) is 2.42. The zero-order valence-corrected chi connectivity index (χ0v) is 19.5. The number of esters is 2. The molecule has 0 saturated heterocycles. The first-order valence-electron chi connectivity index (χ1n) is 10.3. The molecule has 11 heteroatoms. The van der Waals surface area contributed by atoms with Gasteiger partial charge in [0.25, 0.3) is 0 Å². The summed E-state index contributed by atoms with van der Waals surface area (Å²) in [6, 6.07) is 0. The van der Waals surface area contributed by atoms with E-state index in [0.717, 1.165) is 0 Å². The molecule has 0 spiro atoms. The highest BCUT2D eigenvalue weighted by Gasteiger charge is 2.42. The maximum atomic E-state index is 14.0. The van der Waals surface area contributed by atoms with Gasteiger partial charge < -0.3 is 18.9 Å². The SMILES string of the molecule is C#CCCOC(C)(CC)C(=O)OCC(C)(COC(C)C)C(=O)Oc1c(F)c(F)c(F)c(F)c1F. The van der Waals surface area contributed by atoms with Crippen molar-refractivity contribution in [1.29, 1.82) is 0 Å². The molecule has 0 aromatic heterocycles. The smallest absolute Gasteiger partial charge is 0.338 e. The summed E-state index contributed by atoms with van der Waals surface area (Å²) in [5.74, 6) is -13.4. The Kier molecular flexibility index (Phi) is 10.5. The summed E-state index contributed by atoms with van der Waals surface area (Å²) in [5.41, 5.74) is -3.30. The van der Waals surface area contributed by atoms with Crippen molar-refractivity contribution in [3.8, 4) is 18.1 Å².